The molecule has 0 aromatic heterocycles. The predicted octanol–water partition coefficient (Wildman–Crippen LogP) is 1.41. The van der Waals surface area contributed by atoms with Crippen LogP contribution in [0.1, 0.15) is 5.56 Å². The standard InChI is InChI=1S/C13H18F2N2O4/c1-8-5-10(21-12(14)15)3-4-11(8)16-13(20)17(2)6-9(19)7-18/h3-5,9,12,18-19H,6-7H2,1-2H3,(H,16,20)/t9-/m1/s1. The molecule has 118 valence electrons. The van der Waals surface area contributed by atoms with Crippen molar-refractivity contribution in [2.45, 2.75) is 19.6 Å². The summed E-state index contributed by atoms with van der Waals surface area (Å²) >= 11 is 0. The molecule has 0 aliphatic rings. The fourth-order valence-corrected chi connectivity index (χ4v) is 1.62. The number of aliphatic hydroxyl groups excluding tert-OH is 2. The molecule has 0 saturated heterocycles. The Morgan fingerprint density at radius 1 is 1.48 bits per heavy atom. The van der Waals surface area contributed by atoms with Crippen molar-refractivity contribution < 1.29 is 28.5 Å². The number of ether oxygens (including phenoxy) is 1. The van der Waals surface area contributed by atoms with E-state index in [0.717, 1.165) is 0 Å². The maximum Gasteiger partial charge on any atom is 0.387 e. The van der Waals surface area contributed by atoms with Gasteiger partial charge < -0.3 is 25.2 Å². The van der Waals surface area contributed by atoms with E-state index >= 15 is 0 Å². The summed E-state index contributed by atoms with van der Waals surface area (Å²) in [6.45, 7) is -1.75. The number of carbonyl (C=O) groups excluding carboxylic acids is 1. The van der Waals surface area contributed by atoms with Crippen LogP contribution < -0.4 is 10.1 Å². The van der Waals surface area contributed by atoms with Gasteiger partial charge in [-0.15, -0.1) is 0 Å². The van der Waals surface area contributed by atoms with Crippen LogP contribution in [0.25, 0.3) is 0 Å². The maximum absolute atomic E-state index is 12.1. The Morgan fingerprint density at radius 2 is 2.14 bits per heavy atom. The maximum atomic E-state index is 12.1. The van der Waals surface area contributed by atoms with E-state index < -0.39 is 25.4 Å². The molecule has 0 fully saturated rings. The number of hydrogen-bond acceptors (Lipinski definition) is 4. The number of halogens is 2. The summed E-state index contributed by atoms with van der Waals surface area (Å²) in [5.74, 6) is 0.00422. The number of alkyl halides is 2. The topological polar surface area (TPSA) is 82.0 Å². The summed E-state index contributed by atoms with van der Waals surface area (Å²) in [6, 6.07) is 3.65. The zero-order valence-corrected chi connectivity index (χ0v) is 11.7. The van der Waals surface area contributed by atoms with Crippen LogP contribution in [0.2, 0.25) is 0 Å². The minimum absolute atomic E-state index is 0.00422. The molecule has 0 aliphatic heterocycles. The van der Waals surface area contributed by atoms with Crippen LogP contribution >= 0.6 is 0 Å². The number of aliphatic hydroxyl groups is 2. The van der Waals surface area contributed by atoms with E-state index in [1.54, 1.807) is 6.92 Å². The van der Waals surface area contributed by atoms with Gasteiger partial charge in [-0.05, 0) is 30.7 Å². The van der Waals surface area contributed by atoms with E-state index in [2.05, 4.69) is 10.1 Å². The van der Waals surface area contributed by atoms with Gasteiger partial charge in [-0.3, -0.25) is 0 Å². The largest absolute Gasteiger partial charge is 0.435 e. The summed E-state index contributed by atoms with van der Waals surface area (Å²) < 4.78 is 28.4. The lowest BCUT2D eigenvalue weighted by Gasteiger charge is -2.21. The Balaban J connectivity index is 2.68. The molecule has 2 amide bonds. The first-order chi connectivity index (χ1) is 9.83. The fourth-order valence-electron chi connectivity index (χ4n) is 1.62. The highest BCUT2D eigenvalue weighted by Gasteiger charge is 2.14. The van der Waals surface area contributed by atoms with Gasteiger partial charge in [-0.25, -0.2) is 4.79 Å². The summed E-state index contributed by atoms with van der Waals surface area (Å²) in [5.41, 5.74) is 0.990. The zero-order chi connectivity index (χ0) is 16.0. The molecule has 8 heteroatoms. The van der Waals surface area contributed by atoms with E-state index in [0.29, 0.717) is 11.3 Å². The molecule has 0 spiro atoms. The third-order valence-corrected chi connectivity index (χ3v) is 2.71. The van der Waals surface area contributed by atoms with Crippen LogP contribution in [0.3, 0.4) is 0 Å². The van der Waals surface area contributed by atoms with Crippen molar-refractivity contribution in [3.8, 4) is 5.75 Å². The number of likely N-dealkylation sites (N-methyl/N-ethyl adjacent to an activating group) is 1. The molecule has 1 aromatic rings. The van der Waals surface area contributed by atoms with E-state index in [1.165, 1.54) is 30.1 Å². The number of aryl methyl sites for hydroxylation is 1. The van der Waals surface area contributed by atoms with Crippen molar-refractivity contribution in [3.63, 3.8) is 0 Å². The molecule has 0 saturated carbocycles. The quantitative estimate of drug-likeness (QED) is 0.742. The number of benzene rings is 1. The van der Waals surface area contributed by atoms with Crippen LogP contribution in [0.4, 0.5) is 19.3 Å². The SMILES string of the molecule is Cc1cc(OC(F)F)ccc1NC(=O)N(C)C[C@@H](O)CO. The third-order valence-electron chi connectivity index (χ3n) is 2.71. The van der Waals surface area contributed by atoms with Gasteiger partial charge in [0.25, 0.3) is 0 Å². The molecule has 1 atom stereocenters. The number of rotatable bonds is 6. The van der Waals surface area contributed by atoms with Crippen LogP contribution in [-0.2, 0) is 0 Å². The van der Waals surface area contributed by atoms with Crippen LogP contribution in [-0.4, -0.2) is 54.1 Å². The monoisotopic (exact) mass is 304 g/mol. The van der Waals surface area contributed by atoms with E-state index in [4.69, 9.17) is 5.11 Å². The van der Waals surface area contributed by atoms with Crippen molar-refractivity contribution in [1.82, 2.24) is 4.90 Å². The summed E-state index contributed by atoms with van der Waals surface area (Å²) in [6.07, 6.45) is -1.02. The molecule has 0 bridgehead atoms. The Labute approximate surface area is 120 Å². The molecule has 3 N–H and O–H groups in total. The molecule has 21 heavy (non-hydrogen) atoms. The molecule has 6 nitrogen and oxygen atoms in total. The van der Waals surface area contributed by atoms with Gasteiger partial charge in [-0.2, -0.15) is 8.78 Å². The second kappa shape index (κ2) is 7.75. The molecule has 0 radical (unpaired) electrons. The number of nitrogens with zero attached hydrogens (tertiary/aromatic N) is 1. The van der Waals surface area contributed by atoms with Crippen LogP contribution in [0.5, 0.6) is 5.75 Å². The van der Waals surface area contributed by atoms with Crippen molar-refractivity contribution in [3.05, 3.63) is 23.8 Å². The molecular weight excluding hydrogens is 286 g/mol. The normalized spacial score (nSPS) is 12.1. The van der Waals surface area contributed by atoms with Gasteiger partial charge in [0.15, 0.2) is 0 Å². The average Bonchev–Trinajstić information content (AvgIpc) is 2.40. The second-order valence-corrected chi connectivity index (χ2v) is 4.50. The lowest BCUT2D eigenvalue weighted by molar-refractivity contribution is -0.0498. The van der Waals surface area contributed by atoms with Gasteiger partial charge in [0, 0.05) is 12.7 Å². The minimum atomic E-state index is -2.91. The Morgan fingerprint density at radius 3 is 2.67 bits per heavy atom. The molecule has 0 heterocycles. The Bertz CT molecular complexity index is 485. The number of hydrogen-bond donors (Lipinski definition) is 3. The van der Waals surface area contributed by atoms with Crippen molar-refractivity contribution >= 4 is 11.7 Å². The van der Waals surface area contributed by atoms with Gasteiger partial charge >= 0.3 is 12.6 Å². The molecule has 1 rings (SSSR count). The van der Waals surface area contributed by atoms with E-state index in [-0.39, 0.29) is 12.3 Å². The van der Waals surface area contributed by atoms with Crippen LogP contribution in [0.15, 0.2) is 18.2 Å². The van der Waals surface area contributed by atoms with Crippen molar-refractivity contribution in [2.75, 3.05) is 25.5 Å². The van der Waals surface area contributed by atoms with Crippen molar-refractivity contribution in [1.29, 1.82) is 0 Å². The first kappa shape index (κ1) is 17.1. The smallest absolute Gasteiger partial charge is 0.387 e. The number of urea groups is 1. The average molecular weight is 304 g/mol. The first-order valence-corrected chi connectivity index (χ1v) is 6.20. The Kier molecular flexibility index (Phi) is 6.32. The summed E-state index contributed by atoms with van der Waals surface area (Å²) in [5, 5.41) is 20.5. The molecule has 0 aliphatic carbocycles. The highest BCUT2D eigenvalue weighted by molar-refractivity contribution is 5.90. The van der Waals surface area contributed by atoms with Gasteiger partial charge in [0.1, 0.15) is 5.75 Å². The number of amides is 2. The van der Waals surface area contributed by atoms with E-state index in [9.17, 15) is 18.7 Å². The summed E-state index contributed by atoms with van der Waals surface area (Å²) in [7, 11) is 1.46. The van der Waals surface area contributed by atoms with Crippen LogP contribution in [0, 0.1) is 6.92 Å². The summed E-state index contributed by atoms with van der Waals surface area (Å²) in [4.78, 5) is 13.0. The minimum Gasteiger partial charge on any atom is -0.435 e. The molecule has 0 unspecified atom stereocenters. The predicted molar refractivity (Wildman–Crippen MR) is 72.6 cm³/mol. The lowest BCUT2D eigenvalue weighted by atomic mass is 10.2. The van der Waals surface area contributed by atoms with Gasteiger partial charge in [-0.1, -0.05) is 0 Å². The lowest BCUT2D eigenvalue weighted by Crippen LogP contribution is -2.38. The van der Waals surface area contributed by atoms with E-state index in [1.807, 2.05) is 0 Å². The second-order valence-electron chi connectivity index (χ2n) is 4.50. The molecular formula is C13H18F2N2O4. The van der Waals surface area contributed by atoms with Gasteiger partial charge in [0.05, 0.1) is 19.3 Å². The molecule has 1 aromatic carbocycles. The Hall–Kier alpha value is -1.93. The zero-order valence-electron chi connectivity index (χ0n) is 11.7. The number of nitrogens with one attached hydrogen (secondary N) is 1. The third kappa shape index (κ3) is 5.52. The van der Waals surface area contributed by atoms with Gasteiger partial charge in [0.2, 0.25) is 0 Å². The number of anilines is 1. The van der Waals surface area contributed by atoms with Crippen molar-refractivity contribution in [2.24, 2.45) is 0 Å². The fraction of sp³-hybridized carbons (Fsp3) is 0.462. The first-order valence-electron chi connectivity index (χ1n) is 6.20. The number of carbonyl (C=O) groups is 1. The highest BCUT2D eigenvalue weighted by atomic mass is 19.3. The highest BCUT2D eigenvalue weighted by Crippen LogP contribution is 2.22.